The number of hydrogen-bond donors (Lipinski definition) is 4. The van der Waals surface area contributed by atoms with Crippen molar-refractivity contribution in [1.29, 1.82) is 0 Å². The van der Waals surface area contributed by atoms with Crippen LogP contribution in [0.4, 0.5) is 0 Å². The normalized spacial score (nSPS) is 53.8. The van der Waals surface area contributed by atoms with E-state index in [2.05, 4.69) is 0 Å². The van der Waals surface area contributed by atoms with E-state index in [0.717, 1.165) is 38.5 Å². The van der Waals surface area contributed by atoms with Gasteiger partial charge in [-0.3, -0.25) is 4.79 Å². The van der Waals surface area contributed by atoms with Crippen LogP contribution in [0.1, 0.15) is 51.4 Å². The summed E-state index contributed by atoms with van der Waals surface area (Å²) in [6.07, 6.45) is 5.85. The van der Waals surface area contributed by atoms with Crippen LogP contribution in [0.2, 0.25) is 0 Å². The Kier molecular flexibility index (Phi) is 4.27. The number of rotatable bonds is 2. The van der Waals surface area contributed by atoms with E-state index in [1.807, 2.05) is 0 Å². The highest BCUT2D eigenvalue weighted by Crippen LogP contribution is 2.60. The van der Waals surface area contributed by atoms with E-state index in [9.17, 15) is 25.2 Å². The zero-order chi connectivity index (χ0) is 17.1. The van der Waals surface area contributed by atoms with Crippen molar-refractivity contribution in [3.05, 3.63) is 0 Å². The highest BCUT2D eigenvalue weighted by molar-refractivity contribution is 5.88. The zero-order valence-corrected chi connectivity index (χ0v) is 14.2. The molecule has 0 aromatic carbocycles. The minimum atomic E-state index is -1.44. The van der Waals surface area contributed by atoms with Crippen molar-refractivity contribution in [2.24, 2.45) is 35.5 Å². The Morgan fingerprint density at radius 2 is 1.71 bits per heavy atom. The molecular weight excluding hydrogens is 308 g/mol. The number of aliphatic hydroxyl groups is 4. The summed E-state index contributed by atoms with van der Waals surface area (Å²) < 4.78 is 0. The maximum absolute atomic E-state index is 12.1. The van der Waals surface area contributed by atoms with Gasteiger partial charge in [0.1, 0.15) is 12.2 Å². The van der Waals surface area contributed by atoms with Crippen LogP contribution in [0.3, 0.4) is 0 Å². The Hall–Kier alpha value is -0.490. The number of hydrogen-bond acceptors (Lipinski definition) is 5. The lowest BCUT2D eigenvalue weighted by atomic mass is 9.52. The summed E-state index contributed by atoms with van der Waals surface area (Å²) in [6, 6.07) is 0. The summed E-state index contributed by atoms with van der Waals surface area (Å²) in [5.41, 5.74) is -1.44. The minimum absolute atomic E-state index is 0.185. The highest BCUT2D eigenvalue weighted by atomic mass is 16.3. The first kappa shape index (κ1) is 17.0. The van der Waals surface area contributed by atoms with Gasteiger partial charge in [-0.25, -0.2) is 0 Å². The van der Waals surface area contributed by atoms with Crippen molar-refractivity contribution in [3.63, 3.8) is 0 Å². The molecule has 0 bridgehead atoms. The predicted molar refractivity (Wildman–Crippen MR) is 86.9 cm³/mol. The average Bonchev–Trinajstić information content (AvgIpc) is 2.91. The first-order chi connectivity index (χ1) is 11.5. The van der Waals surface area contributed by atoms with Crippen LogP contribution in [0, 0.1) is 35.5 Å². The molecule has 0 aliphatic heterocycles. The maximum Gasteiger partial charge on any atom is 0.189 e. The molecule has 4 fully saturated rings. The molecule has 0 aromatic heterocycles. The predicted octanol–water partition coefficient (Wildman–Crippen LogP) is 0.873. The van der Waals surface area contributed by atoms with Gasteiger partial charge in [-0.2, -0.15) is 0 Å². The molecule has 0 amide bonds. The van der Waals surface area contributed by atoms with Gasteiger partial charge in [0.15, 0.2) is 5.78 Å². The second-order valence-electron chi connectivity index (χ2n) is 8.83. The van der Waals surface area contributed by atoms with Gasteiger partial charge in [-0.1, -0.05) is 0 Å². The number of Topliss-reactive ketones (excluding diaryl/α,β-unsaturated/α-hetero) is 1. The van der Waals surface area contributed by atoms with E-state index >= 15 is 0 Å². The van der Waals surface area contributed by atoms with Gasteiger partial charge in [0, 0.05) is 5.92 Å². The monoisotopic (exact) mass is 338 g/mol. The van der Waals surface area contributed by atoms with Crippen molar-refractivity contribution in [2.45, 2.75) is 69.2 Å². The maximum atomic E-state index is 12.1. The molecule has 5 nitrogen and oxygen atoms in total. The SMILES string of the molecule is O=C(CO)[C@@]1(O)CCC2C3CC[C@@H]4C[C@H](O)CCC4C3C(O)CC21. The lowest BCUT2D eigenvalue weighted by Gasteiger charge is -2.55. The van der Waals surface area contributed by atoms with E-state index in [0.29, 0.717) is 30.6 Å². The third kappa shape index (κ3) is 2.39. The van der Waals surface area contributed by atoms with Crippen LogP contribution in [-0.4, -0.2) is 50.6 Å². The first-order valence-electron chi connectivity index (χ1n) is 9.68. The van der Waals surface area contributed by atoms with E-state index in [4.69, 9.17) is 0 Å². The number of ketones is 1. The Bertz CT molecular complexity index is 508. The quantitative estimate of drug-likeness (QED) is 0.599. The van der Waals surface area contributed by atoms with Crippen molar-refractivity contribution in [1.82, 2.24) is 0 Å². The minimum Gasteiger partial charge on any atom is -0.393 e. The molecule has 0 saturated heterocycles. The molecule has 4 saturated carbocycles. The second-order valence-corrected chi connectivity index (χ2v) is 8.83. The Labute approximate surface area is 143 Å². The van der Waals surface area contributed by atoms with E-state index in [1.54, 1.807) is 0 Å². The van der Waals surface area contributed by atoms with Gasteiger partial charge in [0.2, 0.25) is 0 Å². The molecule has 0 spiro atoms. The Balaban J connectivity index is 1.58. The van der Waals surface area contributed by atoms with Crippen LogP contribution < -0.4 is 0 Å². The van der Waals surface area contributed by atoms with Crippen LogP contribution in [-0.2, 0) is 4.79 Å². The van der Waals surface area contributed by atoms with Crippen molar-refractivity contribution in [3.8, 4) is 0 Å². The summed E-state index contributed by atoms with van der Waals surface area (Å²) in [5, 5.41) is 41.0. The second kappa shape index (κ2) is 6.04. The van der Waals surface area contributed by atoms with E-state index < -0.39 is 24.1 Å². The van der Waals surface area contributed by atoms with Gasteiger partial charge < -0.3 is 20.4 Å². The van der Waals surface area contributed by atoms with Gasteiger partial charge in [0.25, 0.3) is 0 Å². The third-order valence-electron chi connectivity index (χ3n) is 7.98. The molecule has 136 valence electrons. The molecule has 4 rings (SSSR count). The smallest absolute Gasteiger partial charge is 0.189 e. The van der Waals surface area contributed by atoms with E-state index in [1.165, 1.54) is 0 Å². The Morgan fingerprint density at radius 3 is 2.46 bits per heavy atom. The van der Waals surface area contributed by atoms with Crippen LogP contribution in [0.25, 0.3) is 0 Å². The fourth-order valence-electron chi connectivity index (χ4n) is 7.00. The van der Waals surface area contributed by atoms with Crippen molar-refractivity contribution >= 4 is 5.78 Å². The molecule has 24 heavy (non-hydrogen) atoms. The lowest BCUT2D eigenvalue weighted by molar-refractivity contribution is -0.159. The molecule has 0 heterocycles. The molecule has 4 aliphatic rings. The van der Waals surface area contributed by atoms with Gasteiger partial charge in [-0.05, 0) is 81.0 Å². The molecule has 9 atom stereocenters. The summed E-state index contributed by atoms with van der Waals surface area (Å²) in [7, 11) is 0. The Morgan fingerprint density at radius 1 is 0.958 bits per heavy atom. The lowest BCUT2D eigenvalue weighted by Crippen LogP contribution is -2.55. The standard InChI is InChI=1S/C19H30O5/c20-9-17(23)19(24)6-5-13-14-3-1-10-7-11(21)2-4-12(10)18(14)16(22)8-15(13)19/h10-16,18,20-22,24H,1-9H2/t10-,11-,12?,13?,14?,15?,16?,18?,19-/m1/s1. The molecular formula is C19H30O5. The summed E-state index contributed by atoms with van der Waals surface area (Å²) in [4.78, 5) is 12.1. The van der Waals surface area contributed by atoms with Crippen LogP contribution >= 0.6 is 0 Å². The number of aliphatic hydroxyl groups excluding tert-OH is 3. The summed E-state index contributed by atoms with van der Waals surface area (Å²) in [6.45, 7) is -0.619. The van der Waals surface area contributed by atoms with E-state index in [-0.39, 0.29) is 23.9 Å². The fraction of sp³-hybridized carbons (Fsp3) is 0.947. The number of carbonyl (C=O) groups is 1. The third-order valence-corrected chi connectivity index (χ3v) is 7.98. The summed E-state index contributed by atoms with van der Waals surface area (Å²) >= 11 is 0. The molecule has 0 radical (unpaired) electrons. The summed E-state index contributed by atoms with van der Waals surface area (Å²) in [5.74, 6) is 1.21. The van der Waals surface area contributed by atoms with Gasteiger partial charge in [-0.15, -0.1) is 0 Å². The van der Waals surface area contributed by atoms with Crippen molar-refractivity contribution < 1.29 is 25.2 Å². The van der Waals surface area contributed by atoms with Gasteiger partial charge in [0.05, 0.1) is 12.2 Å². The molecule has 6 unspecified atom stereocenters. The molecule has 5 heteroatoms. The highest BCUT2D eigenvalue weighted by Gasteiger charge is 2.60. The van der Waals surface area contributed by atoms with Gasteiger partial charge >= 0.3 is 0 Å². The fourth-order valence-corrected chi connectivity index (χ4v) is 7.00. The van der Waals surface area contributed by atoms with Crippen LogP contribution in [0.5, 0.6) is 0 Å². The largest absolute Gasteiger partial charge is 0.393 e. The van der Waals surface area contributed by atoms with Crippen LogP contribution in [0.15, 0.2) is 0 Å². The molecule has 4 N–H and O–H groups in total. The average molecular weight is 338 g/mol. The number of carbonyl (C=O) groups excluding carboxylic acids is 1. The molecule has 0 aromatic rings. The zero-order valence-electron chi connectivity index (χ0n) is 14.2. The number of fused-ring (bicyclic) bond motifs is 5. The topological polar surface area (TPSA) is 98.0 Å². The first-order valence-corrected chi connectivity index (χ1v) is 9.68. The van der Waals surface area contributed by atoms with Crippen molar-refractivity contribution in [2.75, 3.05) is 6.61 Å². The molecule has 4 aliphatic carbocycles.